The summed E-state index contributed by atoms with van der Waals surface area (Å²) in [6.07, 6.45) is 5.38. The molecule has 2 rings (SSSR count). The summed E-state index contributed by atoms with van der Waals surface area (Å²) in [6.45, 7) is 2.08. The second-order valence-electron chi connectivity index (χ2n) is 4.92. The minimum absolute atomic E-state index is 0.769. The molecule has 2 aromatic rings. The number of hydrogen-bond acceptors (Lipinski definition) is 1. The van der Waals surface area contributed by atoms with E-state index in [1.54, 1.807) is 13.4 Å². The molecule has 0 aliphatic carbocycles. The van der Waals surface area contributed by atoms with Gasteiger partial charge in [-0.3, -0.25) is 0 Å². The van der Waals surface area contributed by atoms with Crippen LogP contribution in [0.2, 0.25) is 0 Å². The highest BCUT2D eigenvalue weighted by Crippen LogP contribution is 2.11. The van der Waals surface area contributed by atoms with Gasteiger partial charge in [-0.15, -0.1) is 0 Å². The van der Waals surface area contributed by atoms with Crippen LogP contribution in [0.15, 0.2) is 60.9 Å². The van der Waals surface area contributed by atoms with Crippen LogP contribution < -0.4 is 0 Å². The Morgan fingerprint density at radius 3 is 2.43 bits per heavy atom. The first kappa shape index (κ1) is 14.9. The zero-order chi connectivity index (χ0) is 14.9. The molecular weight excluding hydrogens is 256 g/mol. The zero-order valence-electron chi connectivity index (χ0n) is 12.6. The maximum absolute atomic E-state index is 4.94. The lowest BCUT2D eigenvalue weighted by Crippen LogP contribution is -1.91. The van der Waals surface area contributed by atoms with Gasteiger partial charge in [0.15, 0.2) is 0 Å². The molecule has 2 aromatic carbocycles. The van der Waals surface area contributed by atoms with Crippen molar-refractivity contribution in [3.05, 3.63) is 83.1 Å². The van der Waals surface area contributed by atoms with Crippen molar-refractivity contribution in [3.63, 3.8) is 0 Å². The molecule has 21 heavy (non-hydrogen) atoms. The van der Waals surface area contributed by atoms with Crippen molar-refractivity contribution in [3.8, 4) is 11.8 Å². The molecule has 0 radical (unpaired) electrons. The first-order valence-corrected chi connectivity index (χ1v) is 7.09. The molecule has 106 valence electrons. The summed E-state index contributed by atoms with van der Waals surface area (Å²) in [5, 5.41) is 0. The van der Waals surface area contributed by atoms with Crippen molar-refractivity contribution in [1.82, 2.24) is 0 Å². The number of hydrogen-bond donors (Lipinski definition) is 0. The second-order valence-corrected chi connectivity index (χ2v) is 4.92. The van der Waals surface area contributed by atoms with E-state index in [1.165, 1.54) is 16.7 Å². The van der Waals surface area contributed by atoms with Crippen LogP contribution in [0.3, 0.4) is 0 Å². The van der Waals surface area contributed by atoms with Crippen LogP contribution in [0.5, 0.6) is 0 Å². The fourth-order valence-electron chi connectivity index (χ4n) is 2.08. The van der Waals surface area contributed by atoms with Crippen LogP contribution in [0.25, 0.3) is 0 Å². The Morgan fingerprint density at radius 2 is 1.71 bits per heavy atom. The van der Waals surface area contributed by atoms with Crippen molar-refractivity contribution in [1.29, 1.82) is 0 Å². The van der Waals surface area contributed by atoms with Gasteiger partial charge in [0.25, 0.3) is 0 Å². The Bertz CT molecular complexity index is 654. The summed E-state index contributed by atoms with van der Waals surface area (Å²) >= 11 is 0. The first-order chi connectivity index (χ1) is 10.3. The van der Waals surface area contributed by atoms with Crippen LogP contribution in [0, 0.1) is 18.8 Å². The van der Waals surface area contributed by atoms with Crippen molar-refractivity contribution in [2.45, 2.75) is 19.8 Å². The monoisotopic (exact) mass is 276 g/mol. The van der Waals surface area contributed by atoms with Gasteiger partial charge >= 0.3 is 0 Å². The number of benzene rings is 2. The van der Waals surface area contributed by atoms with E-state index in [2.05, 4.69) is 67.3 Å². The van der Waals surface area contributed by atoms with Gasteiger partial charge in [0, 0.05) is 12.0 Å². The number of rotatable bonds is 4. The Hall–Kier alpha value is -2.46. The van der Waals surface area contributed by atoms with E-state index in [-0.39, 0.29) is 0 Å². The maximum Gasteiger partial charge on any atom is 0.0788 e. The molecule has 0 atom stereocenters. The van der Waals surface area contributed by atoms with Crippen LogP contribution in [0.1, 0.15) is 22.3 Å². The molecule has 1 nitrogen and oxygen atoms in total. The third-order valence-corrected chi connectivity index (χ3v) is 3.25. The maximum atomic E-state index is 4.94. The average Bonchev–Trinajstić information content (AvgIpc) is 2.51. The fourth-order valence-corrected chi connectivity index (χ4v) is 2.08. The van der Waals surface area contributed by atoms with Crippen molar-refractivity contribution in [2.24, 2.45) is 0 Å². The van der Waals surface area contributed by atoms with Crippen LogP contribution in [-0.2, 0) is 17.6 Å². The SMILES string of the molecule is COC=CCc1ccccc1CC#Cc1ccc(C)cc1. The number of aryl methyl sites for hydroxylation is 1. The highest BCUT2D eigenvalue weighted by atomic mass is 16.5. The van der Waals surface area contributed by atoms with Gasteiger partial charge in [-0.05, 0) is 42.7 Å². The van der Waals surface area contributed by atoms with Gasteiger partial charge in [-0.2, -0.15) is 0 Å². The third kappa shape index (κ3) is 4.85. The first-order valence-electron chi connectivity index (χ1n) is 7.09. The standard InChI is InChI=1S/C20H20O/c1-17-12-14-18(15-13-17)7-5-10-19-8-3-4-9-20(19)11-6-16-21-2/h3-4,6,8-9,12-16H,10-11H2,1-2H3. The normalized spacial score (nSPS) is 10.2. The highest BCUT2D eigenvalue weighted by molar-refractivity contribution is 5.38. The molecule has 0 aliphatic rings. The van der Waals surface area contributed by atoms with Crippen molar-refractivity contribution < 1.29 is 4.74 Å². The summed E-state index contributed by atoms with van der Waals surface area (Å²) in [6, 6.07) is 16.7. The smallest absolute Gasteiger partial charge is 0.0788 e. The number of ether oxygens (including phenoxy) is 1. The molecule has 0 aliphatic heterocycles. The molecule has 0 amide bonds. The molecule has 0 saturated carbocycles. The van der Waals surface area contributed by atoms with Crippen molar-refractivity contribution >= 4 is 0 Å². The van der Waals surface area contributed by atoms with Crippen LogP contribution in [-0.4, -0.2) is 7.11 Å². The van der Waals surface area contributed by atoms with Gasteiger partial charge < -0.3 is 4.74 Å². The van der Waals surface area contributed by atoms with Crippen LogP contribution >= 0.6 is 0 Å². The Morgan fingerprint density at radius 1 is 1.00 bits per heavy atom. The Labute approximate surface area is 127 Å². The van der Waals surface area contributed by atoms with E-state index in [4.69, 9.17) is 4.74 Å². The van der Waals surface area contributed by atoms with E-state index in [9.17, 15) is 0 Å². The van der Waals surface area contributed by atoms with Gasteiger partial charge in [-0.1, -0.05) is 53.8 Å². The lowest BCUT2D eigenvalue weighted by Gasteiger charge is -2.03. The fraction of sp³-hybridized carbons (Fsp3) is 0.200. The topological polar surface area (TPSA) is 9.23 Å². The molecule has 0 N–H and O–H groups in total. The summed E-state index contributed by atoms with van der Waals surface area (Å²) in [5.41, 5.74) is 4.90. The highest BCUT2D eigenvalue weighted by Gasteiger charge is 1.98. The number of methoxy groups -OCH3 is 1. The largest absolute Gasteiger partial charge is 0.505 e. The molecule has 0 saturated heterocycles. The minimum atomic E-state index is 0.769. The van der Waals surface area contributed by atoms with Gasteiger partial charge in [-0.25, -0.2) is 0 Å². The molecule has 0 aromatic heterocycles. The molecular formula is C20H20O. The summed E-state index contributed by atoms with van der Waals surface area (Å²) in [4.78, 5) is 0. The third-order valence-electron chi connectivity index (χ3n) is 3.25. The minimum Gasteiger partial charge on any atom is -0.505 e. The summed E-state index contributed by atoms with van der Waals surface area (Å²) in [7, 11) is 1.66. The van der Waals surface area contributed by atoms with E-state index < -0.39 is 0 Å². The zero-order valence-corrected chi connectivity index (χ0v) is 12.6. The van der Waals surface area contributed by atoms with Gasteiger partial charge in [0.2, 0.25) is 0 Å². The Kier molecular flexibility index (Phi) is 5.67. The van der Waals surface area contributed by atoms with E-state index in [0.29, 0.717) is 0 Å². The second kappa shape index (κ2) is 7.97. The molecule has 1 heteroatoms. The lowest BCUT2D eigenvalue weighted by molar-refractivity contribution is 0.337. The van der Waals surface area contributed by atoms with Crippen LogP contribution in [0.4, 0.5) is 0 Å². The predicted molar refractivity (Wildman–Crippen MR) is 88.1 cm³/mol. The molecule has 0 spiro atoms. The lowest BCUT2D eigenvalue weighted by atomic mass is 10.0. The summed E-state index contributed by atoms with van der Waals surface area (Å²) in [5.74, 6) is 6.49. The van der Waals surface area contributed by atoms with Gasteiger partial charge in [0.1, 0.15) is 0 Å². The summed E-state index contributed by atoms with van der Waals surface area (Å²) < 4.78 is 4.94. The quantitative estimate of drug-likeness (QED) is 0.598. The molecule has 0 bridgehead atoms. The van der Waals surface area contributed by atoms with E-state index >= 15 is 0 Å². The molecule has 0 unspecified atom stereocenters. The van der Waals surface area contributed by atoms with E-state index in [0.717, 1.165) is 18.4 Å². The molecule has 0 fully saturated rings. The van der Waals surface area contributed by atoms with Gasteiger partial charge in [0.05, 0.1) is 13.4 Å². The average molecular weight is 276 g/mol. The predicted octanol–water partition coefficient (Wildman–Crippen LogP) is 4.29. The molecule has 0 heterocycles. The Balaban J connectivity index is 2.06. The van der Waals surface area contributed by atoms with Crippen molar-refractivity contribution in [2.75, 3.05) is 7.11 Å². The van der Waals surface area contributed by atoms with E-state index in [1.807, 2.05) is 6.08 Å². The number of allylic oxidation sites excluding steroid dienone is 1.